The van der Waals surface area contributed by atoms with E-state index < -0.39 is 9.84 Å². The number of guanidine groups is 1. The van der Waals surface area contributed by atoms with Crippen molar-refractivity contribution in [2.45, 2.75) is 38.4 Å². The maximum atomic E-state index is 13.7. The van der Waals surface area contributed by atoms with E-state index in [-0.39, 0.29) is 36.4 Å². The number of hydrogen-bond donors (Lipinski definition) is 2. The average molecular weight is 549 g/mol. The fourth-order valence-corrected chi connectivity index (χ4v) is 3.89. The lowest BCUT2D eigenvalue weighted by Crippen LogP contribution is -2.36. The average Bonchev–Trinajstić information content (AvgIpc) is 2.65. The second-order valence-corrected chi connectivity index (χ2v) is 8.76. The summed E-state index contributed by atoms with van der Waals surface area (Å²) in [6.07, 6.45) is 1.20. The van der Waals surface area contributed by atoms with Gasteiger partial charge in [-0.2, -0.15) is 0 Å². The van der Waals surface area contributed by atoms with Gasteiger partial charge in [0.2, 0.25) is 0 Å². The summed E-state index contributed by atoms with van der Waals surface area (Å²) in [4.78, 5) is 4.89. The molecule has 0 unspecified atom stereocenters. The molecule has 0 bridgehead atoms. The van der Waals surface area contributed by atoms with Crippen LogP contribution in [0.4, 0.5) is 4.39 Å². The third-order valence-corrected chi connectivity index (χ3v) is 5.53. The van der Waals surface area contributed by atoms with Gasteiger partial charge in [-0.15, -0.1) is 24.0 Å². The van der Waals surface area contributed by atoms with E-state index in [4.69, 9.17) is 4.74 Å². The van der Waals surface area contributed by atoms with E-state index in [0.29, 0.717) is 41.6 Å². The van der Waals surface area contributed by atoms with Crippen molar-refractivity contribution < 1.29 is 17.5 Å². The largest absolute Gasteiger partial charge is 0.380 e. The van der Waals surface area contributed by atoms with Crippen LogP contribution in [0.3, 0.4) is 0 Å². The second-order valence-electron chi connectivity index (χ2n) is 6.78. The molecule has 6 nitrogen and oxygen atoms in total. The number of aliphatic imine (C=N–C) groups is 1. The van der Waals surface area contributed by atoms with Gasteiger partial charge in [0.25, 0.3) is 0 Å². The van der Waals surface area contributed by atoms with E-state index in [1.54, 1.807) is 31.2 Å². The lowest BCUT2D eigenvalue weighted by molar-refractivity contribution is 0.181. The third kappa shape index (κ3) is 7.84. The minimum Gasteiger partial charge on any atom is -0.380 e. The Morgan fingerprint density at radius 2 is 1.83 bits per heavy atom. The van der Waals surface area contributed by atoms with Crippen molar-refractivity contribution in [3.8, 4) is 0 Å². The van der Waals surface area contributed by atoms with Crippen molar-refractivity contribution in [1.29, 1.82) is 0 Å². The number of aryl methyl sites for hydroxylation is 1. The summed E-state index contributed by atoms with van der Waals surface area (Å²) in [6, 6.07) is 10.1. The predicted molar refractivity (Wildman–Crippen MR) is 128 cm³/mol. The van der Waals surface area contributed by atoms with Crippen LogP contribution in [-0.4, -0.2) is 34.3 Å². The monoisotopic (exact) mass is 549 g/mol. The number of hydrogen-bond acceptors (Lipinski definition) is 4. The zero-order valence-corrected chi connectivity index (χ0v) is 20.8. The molecule has 0 aromatic heterocycles. The van der Waals surface area contributed by atoms with Gasteiger partial charge in [0.1, 0.15) is 5.82 Å². The Morgan fingerprint density at radius 1 is 1.13 bits per heavy atom. The van der Waals surface area contributed by atoms with Gasteiger partial charge in [-0.3, -0.25) is 0 Å². The minimum absolute atomic E-state index is 0. The smallest absolute Gasteiger partial charge is 0.191 e. The maximum absolute atomic E-state index is 13.7. The summed E-state index contributed by atoms with van der Waals surface area (Å²) in [7, 11) is -1.70. The SMILES string of the molecule is CCNC(=NCc1ccc(S(C)(=O)=O)c(C)c1)NCc1ccc(F)c(COC)c1.I. The first-order valence-electron chi connectivity index (χ1n) is 9.32. The number of sulfone groups is 1. The first kappa shape index (κ1) is 26.3. The number of nitrogens with one attached hydrogen (secondary N) is 2. The van der Waals surface area contributed by atoms with Crippen molar-refractivity contribution in [2.75, 3.05) is 19.9 Å². The Bertz CT molecular complexity index is 981. The highest BCUT2D eigenvalue weighted by atomic mass is 127. The van der Waals surface area contributed by atoms with Gasteiger partial charge in [-0.25, -0.2) is 17.8 Å². The fraction of sp³-hybridized carbons (Fsp3) is 0.381. The van der Waals surface area contributed by atoms with E-state index in [2.05, 4.69) is 15.6 Å². The summed E-state index contributed by atoms with van der Waals surface area (Å²) in [6.45, 7) is 5.54. The van der Waals surface area contributed by atoms with Gasteiger partial charge in [0, 0.05) is 32.0 Å². The lowest BCUT2D eigenvalue weighted by atomic mass is 10.1. The molecule has 0 heterocycles. The molecule has 0 aliphatic rings. The second kappa shape index (κ2) is 12.2. The van der Waals surface area contributed by atoms with Crippen LogP contribution in [0.25, 0.3) is 0 Å². The molecule has 2 N–H and O–H groups in total. The van der Waals surface area contributed by atoms with Crippen LogP contribution >= 0.6 is 24.0 Å². The topological polar surface area (TPSA) is 79.8 Å². The molecule has 0 atom stereocenters. The van der Waals surface area contributed by atoms with Crippen LogP contribution in [0, 0.1) is 12.7 Å². The number of ether oxygens (including phenoxy) is 1. The maximum Gasteiger partial charge on any atom is 0.191 e. The molecule has 9 heteroatoms. The summed E-state index contributed by atoms with van der Waals surface area (Å²) in [5.41, 5.74) is 3.04. The van der Waals surface area contributed by atoms with Gasteiger partial charge in [0.15, 0.2) is 15.8 Å². The summed E-state index contributed by atoms with van der Waals surface area (Å²) < 4.78 is 42.3. The Balaban J connectivity index is 0.00000450. The van der Waals surface area contributed by atoms with Crippen LogP contribution in [0.1, 0.15) is 29.2 Å². The number of benzene rings is 2. The number of nitrogens with zero attached hydrogens (tertiary/aromatic N) is 1. The molecule has 0 saturated carbocycles. The quantitative estimate of drug-likeness (QED) is 0.299. The highest BCUT2D eigenvalue weighted by Crippen LogP contribution is 2.17. The van der Waals surface area contributed by atoms with Crippen LogP contribution in [-0.2, 0) is 34.3 Å². The van der Waals surface area contributed by atoms with E-state index in [0.717, 1.165) is 11.1 Å². The predicted octanol–water partition coefficient (Wildman–Crippen LogP) is 3.56. The standard InChI is InChI=1S/C21H28FN3O3S.HI/c1-5-23-21(25-13-17-6-8-19(22)18(11-17)14-28-3)24-12-16-7-9-20(15(2)10-16)29(4,26)27;/h6-11H,5,12-14H2,1-4H3,(H2,23,24,25);1H. The van der Waals surface area contributed by atoms with Crippen LogP contribution in [0.2, 0.25) is 0 Å². The van der Waals surface area contributed by atoms with Gasteiger partial charge in [0.05, 0.1) is 18.0 Å². The van der Waals surface area contributed by atoms with Crippen molar-refractivity contribution in [1.82, 2.24) is 10.6 Å². The Morgan fingerprint density at radius 3 is 2.43 bits per heavy atom. The number of halogens is 2. The summed E-state index contributed by atoms with van der Waals surface area (Å²) in [5, 5.41) is 6.39. The molecule has 2 aromatic rings. The Hall–Kier alpha value is -1.72. The van der Waals surface area contributed by atoms with Crippen molar-refractivity contribution >= 4 is 39.8 Å². The normalized spacial score (nSPS) is 11.7. The van der Waals surface area contributed by atoms with Gasteiger partial charge < -0.3 is 15.4 Å². The van der Waals surface area contributed by atoms with E-state index in [9.17, 15) is 12.8 Å². The third-order valence-electron chi connectivity index (χ3n) is 4.27. The van der Waals surface area contributed by atoms with Crippen molar-refractivity contribution in [3.05, 3.63) is 64.5 Å². The molecule has 0 spiro atoms. The fourth-order valence-electron chi connectivity index (χ4n) is 2.93. The van der Waals surface area contributed by atoms with Crippen molar-refractivity contribution in [2.24, 2.45) is 4.99 Å². The summed E-state index contributed by atoms with van der Waals surface area (Å²) >= 11 is 0. The van der Waals surface area contributed by atoms with E-state index in [1.165, 1.54) is 19.4 Å². The highest BCUT2D eigenvalue weighted by molar-refractivity contribution is 14.0. The zero-order valence-electron chi connectivity index (χ0n) is 17.7. The van der Waals surface area contributed by atoms with E-state index in [1.807, 2.05) is 13.0 Å². The molecule has 2 aromatic carbocycles. The molecule has 2 rings (SSSR count). The molecule has 166 valence electrons. The Kier molecular flexibility index (Phi) is 10.7. The summed E-state index contributed by atoms with van der Waals surface area (Å²) in [5.74, 6) is 0.332. The molecular weight excluding hydrogens is 520 g/mol. The first-order chi connectivity index (χ1) is 13.7. The Labute approximate surface area is 195 Å². The molecule has 0 amide bonds. The van der Waals surface area contributed by atoms with Crippen LogP contribution in [0.15, 0.2) is 46.3 Å². The zero-order chi connectivity index (χ0) is 21.4. The van der Waals surface area contributed by atoms with Crippen LogP contribution < -0.4 is 10.6 Å². The molecule has 0 radical (unpaired) electrons. The van der Waals surface area contributed by atoms with Gasteiger partial charge >= 0.3 is 0 Å². The molecule has 0 fully saturated rings. The minimum atomic E-state index is -3.24. The first-order valence-corrected chi connectivity index (χ1v) is 11.2. The molecule has 0 saturated heterocycles. The van der Waals surface area contributed by atoms with Crippen LogP contribution in [0.5, 0.6) is 0 Å². The number of methoxy groups -OCH3 is 1. The van der Waals surface area contributed by atoms with E-state index >= 15 is 0 Å². The van der Waals surface area contributed by atoms with Crippen molar-refractivity contribution in [3.63, 3.8) is 0 Å². The molecule has 0 aliphatic heterocycles. The number of rotatable bonds is 8. The highest BCUT2D eigenvalue weighted by Gasteiger charge is 2.11. The lowest BCUT2D eigenvalue weighted by Gasteiger charge is -2.13. The van der Waals surface area contributed by atoms with Gasteiger partial charge in [-0.1, -0.05) is 18.2 Å². The van der Waals surface area contributed by atoms with Gasteiger partial charge in [-0.05, 0) is 48.7 Å². The molecular formula is C21H29FIN3O3S. The molecule has 30 heavy (non-hydrogen) atoms. The molecule has 0 aliphatic carbocycles.